The Labute approximate surface area is 68.0 Å². The summed E-state index contributed by atoms with van der Waals surface area (Å²) >= 11 is 0. The molecule has 0 aliphatic carbocycles. The molecular weight excluding hydrogens is 142 g/mol. The van der Waals surface area contributed by atoms with Crippen LogP contribution in [0.15, 0.2) is 0 Å². The zero-order valence-corrected chi connectivity index (χ0v) is 7.50. The van der Waals surface area contributed by atoms with Gasteiger partial charge in [-0.15, -0.1) is 0 Å². The topological polar surface area (TPSA) is 32.7 Å². The van der Waals surface area contributed by atoms with Gasteiger partial charge < -0.3 is 9.84 Å². The van der Waals surface area contributed by atoms with Crippen molar-refractivity contribution in [3.8, 4) is 0 Å². The molecule has 0 aromatic rings. The van der Waals surface area contributed by atoms with Gasteiger partial charge in [-0.05, 0) is 20.9 Å². The van der Waals surface area contributed by atoms with Crippen molar-refractivity contribution in [2.75, 3.05) is 26.8 Å². The Morgan fingerprint density at radius 1 is 1.64 bits per heavy atom. The monoisotopic (exact) mass is 159 g/mol. The quantitative estimate of drug-likeness (QED) is 0.588. The van der Waals surface area contributed by atoms with Gasteiger partial charge in [0.05, 0.1) is 24.9 Å². The molecule has 1 N–H and O–H groups in total. The van der Waals surface area contributed by atoms with Gasteiger partial charge in [-0.1, -0.05) is 0 Å². The molecule has 0 bridgehead atoms. The standard InChI is InChI=1S/C8H17NO2/c1-8(2)6-9(3)7(4-10)5-11-8/h7,10H,4-6H2,1-3H3/t7-/m0/s1. The van der Waals surface area contributed by atoms with Gasteiger partial charge in [-0.25, -0.2) is 0 Å². The van der Waals surface area contributed by atoms with Gasteiger partial charge in [-0.3, -0.25) is 4.90 Å². The lowest BCUT2D eigenvalue weighted by atomic mass is 10.1. The molecule has 0 unspecified atom stereocenters. The molecule has 1 heterocycles. The maximum absolute atomic E-state index is 8.91. The van der Waals surface area contributed by atoms with Gasteiger partial charge in [0.1, 0.15) is 0 Å². The second kappa shape index (κ2) is 3.09. The van der Waals surface area contributed by atoms with Crippen molar-refractivity contribution >= 4 is 0 Å². The van der Waals surface area contributed by atoms with Crippen molar-refractivity contribution in [2.24, 2.45) is 0 Å². The molecule has 66 valence electrons. The predicted molar refractivity (Wildman–Crippen MR) is 43.5 cm³/mol. The molecule has 3 heteroatoms. The molecule has 1 aliphatic heterocycles. The summed E-state index contributed by atoms with van der Waals surface area (Å²) in [6.07, 6.45) is 0. The fourth-order valence-corrected chi connectivity index (χ4v) is 1.42. The minimum atomic E-state index is -0.0551. The van der Waals surface area contributed by atoms with Crippen molar-refractivity contribution in [3.05, 3.63) is 0 Å². The Morgan fingerprint density at radius 2 is 2.27 bits per heavy atom. The lowest BCUT2D eigenvalue weighted by molar-refractivity contribution is -0.115. The van der Waals surface area contributed by atoms with E-state index in [-0.39, 0.29) is 18.2 Å². The molecule has 0 radical (unpaired) electrons. The second-order valence-corrected chi connectivity index (χ2v) is 3.82. The first-order valence-corrected chi connectivity index (χ1v) is 4.00. The number of ether oxygens (including phenoxy) is 1. The van der Waals surface area contributed by atoms with E-state index in [0.717, 1.165) is 6.54 Å². The summed E-state index contributed by atoms with van der Waals surface area (Å²) in [4.78, 5) is 2.14. The molecule has 1 fully saturated rings. The average Bonchev–Trinajstić information content (AvgIpc) is 1.86. The van der Waals surface area contributed by atoms with Crippen molar-refractivity contribution in [3.63, 3.8) is 0 Å². The Kier molecular flexibility index (Phi) is 2.52. The van der Waals surface area contributed by atoms with E-state index >= 15 is 0 Å². The summed E-state index contributed by atoms with van der Waals surface area (Å²) in [5, 5.41) is 8.91. The third-order valence-corrected chi connectivity index (χ3v) is 2.13. The first-order valence-electron chi connectivity index (χ1n) is 4.00. The number of nitrogens with zero attached hydrogens (tertiary/aromatic N) is 1. The summed E-state index contributed by atoms with van der Waals surface area (Å²) < 4.78 is 5.54. The Hall–Kier alpha value is -0.120. The van der Waals surface area contributed by atoms with E-state index in [4.69, 9.17) is 9.84 Å². The summed E-state index contributed by atoms with van der Waals surface area (Å²) in [7, 11) is 2.02. The zero-order chi connectivity index (χ0) is 8.48. The molecule has 0 aromatic heterocycles. The fourth-order valence-electron chi connectivity index (χ4n) is 1.42. The van der Waals surface area contributed by atoms with Crippen LogP contribution in [0.2, 0.25) is 0 Å². The average molecular weight is 159 g/mol. The van der Waals surface area contributed by atoms with Crippen molar-refractivity contribution in [2.45, 2.75) is 25.5 Å². The zero-order valence-electron chi connectivity index (χ0n) is 7.50. The number of hydrogen-bond donors (Lipinski definition) is 1. The minimum Gasteiger partial charge on any atom is -0.395 e. The molecule has 1 atom stereocenters. The summed E-state index contributed by atoms with van der Waals surface area (Å²) in [5.41, 5.74) is -0.0551. The number of rotatable bonds is 1. The maximum atomic E-state index is 8.91. The van der Waals surface area contributed by atoms with Crippen LogP contribution < -0.4 is 0 Å². The highest BCUT2D eigenvalue weighted by Gasteiger charge is 2.30. The van der Waals surface area contributed by atoms with Crippen LogP contribution in [0.1, 0.15) is 13.8 Å². The molecule has 1 rings (SSSR count). The lowest BCUT2D eigenvalue weighted by Crippen LogP contribution is -2.53. The third-order valence-electron chi connectivity index (χ3n) is 2.13. The Balaban J connectivity index is 2.48. The molecule has 3 nitrogen and oxygen atoms in total. The van der Waals surface area contributed by atoms with E-state index in [1.807, 2.05) is 7.05 Å². The normalized spacial score (nSPS) is 32.2. The van der Waals surface area contributed by atoms with Gasteiger partial charge in [0, 0.05) is 6.54 Å². The molecule has 1 aliphatic rings. The molecule has 0 spiro atoms. The van der Waals surface area contributed by atoms with E-state index in [2.05, 4.69) is 18.7 Å². The lowest BCUT2D eigenvalue weighted by Gasteiger charge is -2.41. The van der Waals surface area contributed by atoms with E-state index in [1.165, 1.54) is 0 Å². The predicted octanol–water partition coefficient (Wildman–Crippen LogP) is 0.0879. The van der Waals surface area contributed by atoms with E-state index in [1.54, 1.807) is 0 Å². The summed E-state index contributed by atoms with van der Waals surface area (Å²) in [6.45, 7) is 5.85. The number of aliphatic hydroxyl groups excluding tert-OH is 1. The van der Waals surface area contributed by atoms with Crippen LogP contribution in [-0.2, 0) is 4.74 Å². The van der Waals surface area contributed by atoms with Gasteiger partial charge in [-0.2, -0.15) is 0 Å². The van der Waals surface area contributed by atoms with Crippen LogP contribution >= 0.6 is 0 Å². The molecule has 0 amide bonds. The van der Waals surface area contributed by atoms with Crippen LogP contribution in [0, 0.1) is 0 Å². The maximum Gasteiger partial charge on any atom is 0.0753 e. The van der Waals surface area contributed by atoms with Crippen molar-refractivity contribution in [1.29, 1.82) is 0 Å². The Morgan fingerprint density at radius 3 is 2.73 bits per heavy atom. The second-order valence-electron chi connectivity index (χ2n) is 3.82. The van der Waals surface area contributed by atoms with E-state index in [0.29, 0.717) is 6.61 Å². The molecular formula is C8H17NO2. The van der Waals surface area contributed by atoms with Crippen molar-refractivity contribution < 1.29 is 9.84 Å². The number of likely N-dealkylation sites (N-methyl/N-ethyl adjacent to an activating group) is 1. The highest BCUT2D eigenvalue weighted by atomic mass is 16.5. The molecule has 1 saturated heterocycles. The summed E-state index contributed by atoms with van der Waals surface area (Å²) in [5.74, 6) is 0. The largest absolute Gasteiger partial charge is 0.395 e. The Bertz CT molecular complexity index is 136. The van der Waals surface area contributed by atoms with Crippen molar-refractivity contribution in [1.82, 2.24) is 4.90 Å². The van der Waals surface area contributed by atoms with Crippen LogP contribution in [-0.4, -0.2) is 48.5 Å². The number of morpholine rings is 1. The summed E-state index contributed by atoms with van der Waals surface area (Å²) in [6, 6.07) is 0.183. The van der Waals surface area contributed by atoms with Gasteiger partial charge >= 0.3 is 0 Å². The molecule has 11 heavy (non-hydrogen) atoms. The third kappa shape index (κ3) is 2.15. The van der Waals surface area contributed by atoms with Crippen LogP contribution in [0.25, 0.3) is 0 Å². The highest BCUT2D eigenvalue weighted by molar-refractivity contribution is 4.82. The van der Waals surface area contributed by atoms with Gasteiger partial charge in [0.2, 0.25) is 0 Å². The first kappa shape index (κ1) is 8.97. The van der Waals surface area contributed by atoms with Gasteiger partial charge in [0.15, 0.2) is 0 Å². The van der Waals surface area contributed by atoms with E-state index in [9.17, 15) is 0 Å². The number of aliphatic hydroxyl groups is 1. The first-order chi connectivity index (χ1) is 5.05. The number of hydrogen-bond acceptors (Lipinski definition) is 3. The van der Waals surface area contributed by atoms with E-state index < -0.39 is 0 Å². The minimum absolute atomic E-state index is 0.0551. The smallest absolute Gasteiger partial charge is 0.0753 e. The van der Waals surface area contributed by atoms with Gasteiger partial charge in [0.25, 0.3) is 0 Å². The SMILES string of the molecule is CN1CC(C)(C)OC[C@@H]1CO. The highest BCUT2D eigenvalue weighted by Crippen LogP contribution is 2.18. The van der Waals surface area contributed by atoms with Crippen LogP contribution in [0.5, 0.6) is 0 Å². The fraction of sp³-hybridized carbons (Fsp3) is 1.00. The molecule has 0 aromatic carbocycles. The van der Waals surface area contributed by atoms with Crippen LogP contribution in [0.4, 0.5) is 0 Å². The molecule has 0 saturated carbocycles. The van der Waals surface area contributed by atoms with Crippen LogP contribution in [0.3, 0.4) is 0 Å².